The minimum atomic E-state index is 0. The van der Waals surface area contributed by atoms with E-state index in [9.17, 15) is 0 Å². The summed E-state index contributed by atoms with van der Waals surface area (Å²) >= 11 is 1.63. The van der Waals surface area contributed by atoms with Gasteiger partial charge in [0.25, 0.3) is 0 Å². The zero-order valence-corrected chi connectivity index (χ0v) is 14.5. The molecule has 7 heteroatoms. The molecule has 2 aromatic heterocycles. The lowest BCUT2D eigenvalue weighted by Gasteiger charge is -2.20. The summed E-state index contributed by atoms with van der Waals surface area (Å²) < 4.78 is 2.03. The molecule has 3 heterocycles. The average molecular weight is 405 g/mol. The zero-order chi connectivity index (χ0) is 13.1. The molecule has 20 heavy (non-hydrogen) atoms. The first-order valence-electron chi connectivity index (χ1n) is 6.79. The molecular weight excluding hydrogens is 385 g/mol. The molecule has 0 aliphatic carbocycles. The van der Waals surface area contributed by atoms with E-state index >= 15 is 0 Å². The maximum Gasteiger partial charge on any atom is 0.193 e. The van der Waals surface area contributed by atoms with Crippen molar-refractivity contribution in [2.75, 3.05) is 13.1 Å². The Balaban J connectivity index is 0.00000147. The van der Waals surface area contributed by atoms with E-state index in [2.05, 4.69) is 14.9 Å². The molecule has 0 saturated carbocycles. The van der Waals surface area contributed by atoms with E-state index in [1.54, 1.807) is 11.3 Å². The Hall–Kier alpha value is -0.830. The summed E-state index contributed by atoms with van der Waals surface area (Å²) in [6.07, 6.45) is 9.08. The number of nitrogens with two attached hydrogens (primary N) is 1. The monoisotopic (exact) mass is 405 g/mol. The number of hydrogen-bond donors (Lipinski definition) is 1. The fraction of sp³-hybridized carbons (Fsp3) is 0.538. The molecule has 0 radical (unpaired) electrons. The number of hydrogen-bond acceptors (Lipinski definition) is 3. The van der Waals surface area contributed by atoms with Crippen molar-refractivity contribution < 1.29 is 0 Å². The van der Waals surface area contributed by atoms with Gasteiger partial charge in [0.2, 0.25) is 0 Å². The maximum absolute atomic E-state index is 6.08. The third kappa shape index (κ3) is 3.63. The number of halogens is 1. The van der Waals surface area contributed by atoms with Crippen LogP contribution >= 0.6 is 35.3 Å². The first-order chi connectivity index (χ1) is 9.33. The van der Waals surface area contributed by atoms with Crippen molar-refractivity contribution in [2.45, 2.75) is 32.2 Å². The van der Waals surface area contributed by atoms with E-state index in [0.29, 0.717) is 12.5 Å². The van der Waals surface area contributed by atoms with Crippen molar-refractivity contribution in [3.05, 3.63) is 23.5 Å². The zero-order valence-electron chi connectivity index (χ0n) is 11.4. The topological polar surface area (TPSA) is 58.9 Å². The second-order valence-electron chi connectivity index (χ2n) is 4.90. The molecule has 3 rings (SSSR count). The molecule has 1 aliphatic heterocycles. The molecule has 5 nitrogen and oxygen atoms in total. The van der Waals surface area contributed by atoms with Crippen LogP contribution in [0.2, 0.25) is 0 Å². The third-order valence-electron chi connectivity index (χ3n) is 3.48. The van der Waals surface area contributed by atoms with Gasteiger partial charge in [-0.3, -0.25) is 4.40 Å². The summed E-state index contributed by atoms with van der Waals surface area (Å²) in [5.41, 5.74) is 7.06. The lowest BCUT2D eigenvalue weighted by atomic mass is 10.2. The third-order valence-corrected chi connectivity index (χ3v) is 4.25. The Morgan fingerprint density at radius 3 is 2.75 bits per heavy atom. The number of nitrogens with zero attached hydrogens (tertiary/aromatic N) is 4. The molecule has 1 aliphatic rings. The van der Waals surface area contributed by atoms with Gasteiger partial charge in [0.05, 0.1) is 12.2 Å². The van der Waals surface area contributed by atoms with Gasteiger partial charge in [0.15, 0.2) is 10.9 Å². The fourth-order valence-corrected chi connectivity index (χ4v) is 3.13. The van der Waals surface area contributed by atoms with Crippen molar-refractivity contribution in [2.24, 2.45) is 10.7 Å². The van der Waals surface area contributed by atoms with Gasteiger partial charge in [-0.15, -0.1) is 35.3 Å². The minimum absolute atomic E-state index is 0. The van der Waals surface area contributed by atoms with Crippen LogP contribution in [0.1, 0.15) is 31.4 Å². The predicted molar refractivity (Wildman–Crippen MR) is 93.9 cm³/mol. The van der Waals surface area contributed by atoms with Crippen molar-refractivity contribution in [3.63, 3.8) is 0 Å². The second kappa shape index (κ2) is 7.26. The molecule has 0 unspecified atom stereocenters. The highest BCUT2D eigenvalue weighted by atomic mass is 127. The summed E-state index contributed by atoms with van der Waals surface area (Å²) in [7, 11) is 0. The van der Waals surface area contributed by atoms with Crippen molar-refractivity contribution >= 4 is 46.2 Å². The number of aromatic nitrogens is 2. The van der Waals surface area contributed by atoms with Gasteiger partial charge in [-0.25, -0.2) is 9.98 Å². The van der Waals surface area contributed by atoms with E-state index < -0.39 is 0 Å². The Bertz CT molecular complexity index is 540. The lowest BCUT2D eigenvalue weighted by molar-refractivity contribution is 0.428. The molecule has 0 amide bonds. The van der Waals surface area contributed by atoms with E-state index in [0.717, 1.165) is 23.7 Å². The Morgan fingerprint density at radius 2 is 2.05 bits per heavy atom. The van der Waals surface area contributed by atoms with Crippen LogP contribution in [-0.2, 0) is 6.54 Å². The largest absolute Gasteiger partial charge is 0.370 e. The van der Waals surface area contributed by atoms with Gasteiger partial charge in [-0.1, -0.05) is 12.8 Å². The number of imidazole rings is 1. The van der Waals surface area contributed by atoms with Crippen LogP contribution in [0.25, 0.3) is 4.96 Å². The number of aliphatic imine (C=N–C) groups is 1. The first kappa shape index (κ1) is 15.6. The van der Waals surface area contributed by atoms with Crippen LogP contribution in [-0.4, -0.2) is 33.3 Å². The quantitative estimate of drug-likeness (QED) is 0.475. The van der Waals surface area contributed by atoms with Crippen LogP contribution in [0.15, 0.2) is 22.8 Å². The van der Waals surface area contributed by atoms with Crippen LogP contribution in [0.5, 0.6) is 0 Å². The van der Waals surface area contributed by atoms with Crippen LogP contribution in [0.4, 0.5) is 0 Å². The maximum atomic E-state index is 6.08. The van der Waals surface area contributed by atoms with Gasteiger partial charge < -0.3 is 10.6 Å². The normalized spacial score (nSPS) is 17.0. The van der Waals surface area contributed by atoms with E-state index in [-0.39, 0.29) is 24.0 Å². The van der Waals surface area contributed by atoms with E-state index in [1.807, 2.05) is 22.2 Å². The van der Waals surface area contributed by atoms with Crippen LogP contribution < -0.4 is 5.73 Å². The molecule has 110 valence electrons. The number of guanidine groups is 1. The van der Waals surface area contributed by atoms with Crippen molar-refractivity contribution in [3.8, 4) is 0 Å². The highest BCUT2D eigenvalue weighted by Crippen LogP contribution is 2.12. The Kier molecular flexibility index (Phi) is 5.64. The second-order valence-corrected chi connectivity index (χ2v) is 5.77. The molecule has 0 atom stereocenters. The van der Waals surface area contributed by atoms with Gasteiger partial charge >= 0.3 is 0 Å². The Morgan fingerprint density at radius 1 is 1.30 bits per heavy atom. The first-order valence-corrected chi connectivity index (χ1v) is 7.67. The summed E-state index contributed by atoms with van der Waals surface area (Å²) in [5.74, 6) is 0.665. The van der Waals surface area contributed by atoms with E-state index in [1.165, 1.54) is 25.7 Å². The summed E-state index contributed by atoms with van der Waals surface area (Å²) in [4.78, 5) is 12.2. The number of rotatable bonds is 2. The van der Waals surface area contributed by atoms with Gasteiger partial charge in [0, 0.05) is 30.9 Å². The lowest BCUT2D eigenvalue weighted by Crippen LogP contribution is -2.38. The number of fused-ring (bicyclic) bond motifs is 1. The van der Waals surface area contributed by atoms with Crippen LogP contribution in [0.3, 0.4) is 0 Å². The average Bonchev–Trinajstić information content (AvgIpc) is 2.87. The standard InChI is InChI=1S/C13H19N5S.HI/c14-12(17-5-3-1-2-4-6-17)15-9-11-10-18-7-8-19-13(18)16-11;/h7-8,10H,1-6,9H2,(H2,14,15);1H. The molecular formula is C13H20IN5S. The number of likely N-dealkylation sites (tertiary alicyclic amines) is 1. The molecule has 0 bridgehead atoms. The van der Waals surface area contributed by atoms with Crippen molar-refractivity contribution in [1.82, 2.24) is 14.3 Å². The molecule has 0 aromatic carbocycles. The smallest absolute Gasteiger partial charge is 0.193 e. The number of thiazole rings is 1. The molecule has 1 fully saturated rings. The van der Waals surface area contributed by atoms with Gasteiger partial charge in [0.1, 0.15) is 0 Å². The highest BCUT2D eigenvalue weighted by Gasteiger charge is 2.11. The van der Waals surface area contributed by atoms with E-state index in [4.69, 9.17) is 5.73 Å². The summed E-state index contributed by atoms with van der Waals surface area (Å²) in [6, 6.07) is 0. The molecule has 1 saturated heterocycles. The highest BCUT2D eigenvalue weighted by molar-refractivity contribution is 14.0. The minimum Gasteiger partial charge on any atom is -0.370 e. The summed E-state index contributed by atoms with van der Waals surface area (Å²) in [6.45, 7) is 2.64. The molecule has 0 spiro atoms. The summed E-state index contributed by atoms with van der Waals surface area (Å²) in [5, 5.41) is 2.03. The SMILES string of the molecule is I.NC(=NCc1cn2ccsc2n1)N1CCCCCC1. The molecule has 2 aromatic rings. The molecule has 2 N–H and O–H groups in total. The van der Waals surface area contributed by atoms with Gasteiger partial charge in [-0.05, 0) is 12.8 Å². The Labute approximate surface area is 139 Å². The predicted octanol–water partition coefficient (Wildman–Crippen LogP) is 2.70. The fourth-order valence-electron chi connectivity index (χ4n) is 2.41. The van der Waals surface area contributed by atoms with Crippen LogP contribution in [0, 0.1) is 0 Å². The van der Waals surface area contributed by atoms with Crippen molar-refractivity contribution in [1.29, 1.82) is 0 Å². The van der Waals surface area contributed by atoms with Gasteiger partial charge in [-0.2, -0.15) is 0 Å².